The molecule has 0 radical (unpaired) electrons. The summed E-state index contributed by atoms with van der Waals surface area (Å²) in [6.45, 7) is 2.23. The van der Waals surface area contributed by atoms with Gasteiger partial charge in [-0.3, -0.25) is 4.79 Å². The molecule has 3 rings (SSSR count). The van der Waals surface area contributed by atoms with Crippen molar-refractivity contribution in [2.24, 2.45) is 5.92 Å². The number of thiophene rings is 1. The summed E-state index contributed by atoms with van der Waals surface area (Å²) in [6.07, 6.45) is 6.74. The Morgan fingerprint density at radius 3 is 3.09 bits per heavy atom. The molecule has 0 unspecified atom stereocenters. The standard InChI is InChI=1S/C17H23N3O2S/c1-12-6-2-3-7-13(12)18-15(21)9-4-10-16-19-17(20-22-16)14-8-5-11-23-14/h5,8,11-13H,2-4,6-7,9-10H2,1H3,(H,18,21)/t12-,13+/m1/s1. The Morgan fingerprint density at radius 2 is 2.30 bits per heavy atom. The lowest BCUT2D eigenvalue weighted by atomic mass is 9.86. The minimum atomic E-state index is 0.141. The molecule has 0 spiro atoms. The topological polar surface area (TPSA) is 68.0 Å². The van der Waals surface area contributed by atoms with Gasteiger partial charge in [0.1, 0.15) is 0 Å². The first-order valence-corrected chi connectivity index (χ1v) is 9.26. The molecule has 6 heteroatoms. The summed E-state index contributed by atoms with van der Waals surface area (Å²) in [7, 11) is 0. The van der Waals surface area contributed by atoms with Gasteiger partial charge in [0.25, 0.3) is 0 Å². The van der Waals surface area contributed by atoms with Crippen LogP contribution in [0.3, 0.4) is 0 Å². The molecule has 1 amide bonds. The van der Waals surface area contributed by atoms with Gasteiger partial charge in [-0.05, 0) is 36.6 Å². The first-order chi connectivity index (χ1) is 11.2. The number of carbonyl (C=O) groups excluding carboxylic acids is 1. The molecule has 23 heavy (non-hydrogen) atoms. The second-order valence-corrected chi connectivity index (χ2v) is 7.23. The van der Waals surface area contributed by atoms with Gasteiger partial charge in [0.15, 0.2) is 0 Å². The third-order valence-corrected chi connectivity index (χ3v) is 5.33. The van der Waals surface area contributed by atoms with Gasteiger partial charge in [0, 0.05) is 18.9 Å². The first-order valence-electron chi connectivity index (χ1n) is 8.38. The van der Waals surface area contributed by atoms with E-state index in [0.717, 1.165) is 17.7 Å². The van der Waals surface area contributed by atoms with Crippen molar-refractivity contribution in [3.63, 3.8) is 0 Å². The molecule has 1 saturated carbocycles. The molecule has 0 saturated heterocycles. The average molecular weight is 333 g/mol. The molecule has 2 heterocycles. The van der Waals surface area contributed by atoms with Crippen LogP contribution in [0.2, 0.25) is 0 Å². The highest BCUT2D eigenvalue weighted by molar-refractivity contribution is 7.13. The average Bonchev–Trinajstić information content (AvgIpc) is 3.20. The number of aryl methyl sites for hydroxylation is 1. The Balaban J connectivity index is 1.41. The van der Waals surface area contributed by atoms with Crippen LogP contribution in [0.15, 0.2) is 22.0 Å². The lowest BCUT2D eigenvalue weighted by Crippen LogP contribution is -2.40. The third-order valence-electron chi connectivity index (χ3n) is 4.46. The molecule has 2 atom stereocenters. The van der Waals surface area contributed by atoms with Gasteiger partial charge < -0.3 is 9.84 Å². The molecule has 0 aliphatic heterocycles. The molecule has 1 fully saturated rings. The van der Waals surface area contributed by atoms with E-state index in [0.29, 0.717) is 36.5 Å². The zero-order chi connectivity index (χ0) is 16.1. The number of carbonyl (C=O) groups is 1. The lowest BCUT2D eigenvalue weighted by molar-refractivity contribution is -0.122. The molecule has 1 aliphatic carbocycles. The lowest BCUT2D eigenvalue weighted by Gasteiger charge is -2.29. The Morgan fingerprint density at radius 1 is 1.43 bits per heavy atom. The molecule has 0 aromatic carbocycles. The largest absolute Gasteiger partial charge is 0.353 e. The van der Waals surface area contributed by atoms with Gasteiger partial charge in [-0.15, -0.1) is 11.3 Å². The molecule has 2 aromatic heterocycles. The smallest absolute Gasteiger partial charge is 0.226 e. The van der Waals surface area contributed by atoms with Crippen LogP contribution in [-0.2, 0) is 11.2 Å². The van der Waals surface area contributed by atoms with E-state index in [-0.39, 0.29) is 5.91 Å². The van der Waals surface area contributed by atoms with Crippen LogP contribution in [0.1, 0.15) is 51.3 Å². The van der Waals surface area contributed by atoms with E-state index in [4.69, 9.17) is 4.52 Å². The highest BCUT2D eigenvalue weighted by atomic mass is 32.1. The van der Waals surface area contributed by atoms with E-state index in [1.165, 1.54) is 19.3 Å². The minimum Gasteiger partial charge on any atom is -0.353 e. The molecule has 5 nitrogen and oxygen atoms in total. The van der Waals surface area contributed by atoms with Crippen LogP contribution >= 0.6 is 11.3 Å². The van der Waals surface area contributed by atoms with Crippen molar-refractivity contribution in [1.82, 2.24) is 15.5 Å². The predicted octanol–water partition coefficient (Wildman–Crippen LogP) is 3.82. The normalized spacial score (nSPS) is 21.3. The summed E-state index contributed by atoms with van der Waals surface area (Å²) in [4.78, 5) is 17.4. The van der Waals surface area contributed by atoms with Crippen molar-refractivity contribution < 1.29 is 9.32 Å². The van der Waals surface area contributed by atoms with Gasteiger partial charge in [-0.1, -0.05) is 31.0 Å². The molecule has 0 bridgehead atoms. The third kappa shape index (κ3) is 4.41. The van der Waals surface area contributed by atoms with Crippen LogP contribution in [-0.4, -0.2) is 22.1 Å². The maximum atomic E-state index is 12.1. The fourth-order valence-electron chi connectivity index (χ4n) is 3.07. The van der Waals surface area contributed by atoms with Crippen LogP contribution in [0.25, 0.3) is 10.7 Å². The van der Waals surface area contributed by atoms with Crippen molar-refractivity contribution in [2.45, 2.75) is 57.9 Å². The van der Waals surface area contributed by atoms with E-state index < -0.39 is 0 Å². The number of hydrogen-bond donors (Lipinski definition) is 1. The predicted molar refractivity (Wildman–Crippen MR) is 90.1 cm³/mol. The monoisotopic (exact) mass is 333 g/mol. The van der Waals surface area contributed by atoms with E-state index in [1.54, 1.807) is 11.3 Å². The quantitative estimate of drug-likeness (QED) is 0.872. The number of nitrogens with one attached hydrogen (secondary N) is 1. The van der Waals surface area contributed by atoms with Crippen LogP contribution in [0.5, 0.6) is 0 Å². The van der Waals surface area contributed by atoms with Crippen molar-refractivity contribution in [3.05, 3.63) is 23.4 Å². The highest BCUT2D eigenvalue weighted by Gasteiger charge is 2.22. The fraction of sp³-hybridized carbons (Fsp3) is 0.588. The minimum absolute atomic E-state index is 0.141. The number of nitrogens with zero attached hydrogens (tertiary/aromatic N) is 2. The first kappa shape index (κ1) is 16.2. The van der Waals surface area contributed by atoms with Gasteiger partial charge in [0.2, 0.25) is 17.6 Å². The van der Waals surface area contributed by atoms with Gasteiger partial charge in [-0.25, -0.2) is 0 Å². The second kappa shape index (κ2) is 7.73. The van der Waals surface area contributed by atoms with E-state index >= 15 is 0 Å². The summed E-state index contributed by atoms with van der Waals surface area (Å²) in [5.41, 5.74) is 0. The Bertz CT molecular complexity index is 624. The summed E-state index contributed by atoms with van der Waals surface area (Å²) in [5, 5.41) is 9.15. The highest BCUT2D eigenvalue weighted by Crippen LogP contribution is 2.24. The van der Waals surface area contributed by atoms with E-state index in [2.05, 4.69) is 22.4 Å². The van der Waals surface area contributed by atoms with E-state index in [9.17, 15) is 4.79 Å². The van der Waals surface area contributed by atoms with Crippen molar-refractivity contribution in [2.75, 3.05) is 0 Å². The van der Waals surface area contributed by atoms with Crippen LogP contribution in [0.4, 0.5) is 0 Å². The fourth-order valence-corrected chi connectivity index (χ4v) is 3.72. The maximum absolute atomic E-state index is 12.1. The molecule has 2 aromatic rings. The zero-order valence-electron chi connectivity index (χ0n) is 13.5. The molecular formula is C17H23N3O2S. The maximum Gasteiger partial charge on any atom is 0.226 e. The number of amides is 1. The summed E-state index contributed by atoms with van der Waals surface area (Å²) in [5.74, 6) is 1.97. The molecule has 1 N–H and O–H groups in total. The van der Waals surface area contributed by atoms with Crippen LogP contribution in [0, 0.1) is 5.92 Å². The number of aromatic nitrogens is 2. The summed E-state index contributed by atoms with van der Waals surface area (Å²) in [6, 6.07) is 4.29. The molecular weight excluding hydrogens is 310 g/mol. The Labute approximate surface area is 140 Å². The Hall–Kier alpha value is -1.69. The zero-order valence-corrected chi connectivity index (χ0v) is 14.3. The molecule has 124 valence electrons. The Kier molecular flexibility index (Phi) is 5.43. The van der Waals surface area contributed by atoms with Gasteiger partial charge >= 0.3 is 0 Å². The summed E-state index contributed by atoms with van der Waals surface area (Å²) < 4.78 is 5.25. The van der Waals surface area contributed by atoms with Crippen molar-refractivity contribution in [3.8, 4) is 10.7 Å². The number of rotatable bonds is 6. The van der Waals surface area contributed by atoms with Gasteiger partial charge in [-0.2, -0.15) is 4.98 Å². The SMILES string of the molecule is C[C@@H]1CCCC[C@@H]1NC(=O)CCCc1nc(-c2cccs2)no1. The van der Waals surface area contributed by atoms with Gasteiger partial charge in [0.05, 0.1) is 4.88 Å². The second-order valence-electron chi connectivity index (χ2n) is 6.28. The summed E-state index contributed by atoms with van der Waals surface area (Å²) >= 11 is 1.59. The number of hydrogen-bond acceptors (Lipinski definition) is 5. The van der Waals surface area contributed by atoms with Crippen LogP contribution < -0.4 is 5.32 Å². The van der Waals surface area contributed by atoms with E-state index in [1.807, 2.05) is 17.5 Å². The molecule has 1 aliphatic rings. The van der Waals surface area contributed by atoms with Crippen molar-refractivity contribution in [1.29, 1.82) is 0 Å². The van der Waals surface area contributed by atoms with Crippen molar-refractivity contribution >= 4 is 17.2 Å².